The highest BCUT2D eigenvalue weighted by Crippen LogP contribution is 2.21. The molecule has 0 amide bonds. The summed E-state index contributed by atoms with van der Waals surface area (Å²) in [5.74, 6) is 0. The molecular weight excluding hydrogens is 336 g/mol. The molecule has 0 fully saturated rings. The Bertz CT molecular complexity index is 485. The molecule has 0 N–H and O–H groups in total. The van der Waals surface area contributed by atoms with Gasteiger partial charge in [0.05, 0.1) is 0 Å². The lowest BCUT2D eigenvalue weighted by molar-refractivity contribution is 0.529. The van der Waals surface area contributed by atoms with E-state index in [0.29, 0.717) is 0 Å². The first-order valence-corrected chi connectivity index (χ1v) is 12.2. The van der Waals surface area contributed by atoms with Crippen molar-refractivity contribution >= 4 is 12.2 Å². The fraction of sp³-hybridized carbons (Fsp3) is 0.643. The van der Waals surface area contributed by atoms with E-state index in [-0.39, 0.29) is 0 Å². The van der Waals surface area contributed by atoms with Crippen molar-refractivity contribution in [2.24, 2.45) is 0 Å². The second kappa shape index (κ2) is 17.8. The molecule has 0 radical (unpaired) electrons. The molecule has 158 valence electrons. The molecule has 0 atom stereocenters. The maximum absolute atomic E-state index is 3.96. The molecule has 0 spiro atoms. The minimum Gasteiger partial charge on any atom is -0.0985 e. The van der Waals surface area contributed by atoms with Crippen LogP contribution in [0.2, 0.25) is 0 Å². The number of unbranched alkanes of at least 4 members (excludes halogenated alkanes) is 15. The summed E-state index contributed by atoms with van der Waals surface area (Å²) in [5, 5.41) is 0. The van der Waals surface area contributed by atoms with Gasteiger partial charge in [-0.2, -0.15) is 0 Å². The van der Waals surface area contributed by atoms with E-state index in [1.54, 1.807) is 0 Å². The van der Waals surface area contributed by atoms with Crippen molar-refractivity contribution in [1.82, 2.24) is 0 Å². The quantitative estimate of drug-likeness (QED) is 0.209. The van der Waals surface area contributed by atoms with Crippen LogP contribution in [-0.4, -0.2) is 0 Å². The van der Waals surface area contributed by atoms with Gasteiger partial charge in [-0.05, 0) is 29.5 Å². The van der Waals surface area contributed by atoms with Crippen LogP contribution in [0.5, 0.6) is 0 Å². The number of hydrogen-bond acceptors (Lipinski definition) is 0. The summed E-state index contributed by atoms with van der Waals surface area (Å²) in [7, 11) is 0. The maximum atomic E-state index is 3.96. The molecule has 0 saturated carbocycles. The Morgan fingerprint density at radius 1 is 0.571 bits per heavy atom. The Balaban J connectivity index is 1.92. The molecule has 1 aromatic carbocycles. The molecule has 1 rings (SSSR count). The largest absolute Gasteiger partial charge is 0.0985 e. The highest BCUT2D eigenvalue weighted by atomic mass is 14.1. The molecule has 0 saturated heterocycles. The molecule has 0 nitrogen and oxygen atoms in total. The van der Waals surface area contributed by atoms with E-state index >= 15 is 0 Å². The molecule has 1 aromatic rings. The average Bonchev–Trinajstić information content (AvgIpc) is 2.73. The predicted octanol–water partition coefficient (Wildman–Crippen LogP) is 9.78. The highest BCUT2D eigenvalue weighted by Gasteiger charge is 2.04. The van der Waals surface area contributed by atoms with E-state index in [2.05, 4.69) is 38.3 Å². The SMILES string of the molecule is C=Cc1cccc(C=C)c1CCCCCCCCCCCCCCCCCC. The fourth-order valence-electron chi connectivity index (χ4n) is 4.14. The zero-order valence-corrected chi connectivity index (χ0v) is 18.8. The fourth-order valence-corrected chi connectivity index (χ4v) is 4.14. The van der Waals surface area contributed by atoms with E-state index in [4.69, 9.17) is 0 Å². The van der Waals surface area contributed by atoms with Crippen molar-refractivity contribution < 1.29 is 0 Å². The third-order valence-electron chi connectivity index (χ3n) is 5.97. The summed E-state index contributed by atoms with van der Waals surface area (Å²) < 4.78 is 0. The van der Waals surface area contributed by atoms with Crippen LogP contribution in [0.25, 0.3) is 12.2 Å². The summed E-state index contributed by atoms with van der Waals surface area (Å²) in [5.41, 5.74) is 3.98. The zero-order valence-electron chi connectivity index (χ0n) is 18.8. The Hall–Kier alpha value is -1.30. The molecule has 0 aliphatic rings. The van der Waals surface area contributed by atoms with Crippen molar-refractivity contribution in [1.29, 1.82) is 0 Å². The summed E-state index contributed by atoms with van der Waals surface area (Å²) in [6.07, 6.45) is 27.9. The lowest BCUT2D eigenvalue weighted by atomic mass is 9.95. The average molecular weight is 383 g/mol. The minimum atomic E-state index is 1.15. The molecule has 0 heteroatoms. The maximum Gasteiger partial charge on any atom is -0.0224 e. The van der Waals surface area contributed by atoms with Crippen molar-refractivity contribution in [3.63, 3.8) is 0 Å². The smallest absolute Gasteiger partial charge is 0.0224 e. The van der Waals surface area contributed by atoms with Crippen LogP contribution >= 0.6 is 0 Å². The summed E-state index contributed by atoms with van der Waals surface area (Å²) in [6.45, 7) is 10.2. The van der Waals surface area contributed by atoms with E-state index in [1.165, 1.54) is 119 Å². The van der Waals surface area contributed by atoms with Gasteiger partial charge in [-0.3, -0.25) is 0 Å². The van der Waals surface area contributed by atoms with Crippen molar-refractivity contribution in [2.75, 3.05) is 0 Å². The van der Waals surface area contributed by atoms with Crippen molar-refractivity contribution in [2.45, 2.75) is 116 Å². The van der Waals surface area contributed by atoms with Crippen molar-refractivity contribution in [3.05, 3.63) is 48.0 Å². The first kappa shape index (κ1) is 24.7. The topological polar surface area (TPSA) is 0 Å². The minimum absolute atomic E-state index is 1.15. The van der Waals surface area contributed by atoms with Gasteiger partial charge >= 0.3 is 0 Å². The van der Waals surface area contributed by atoms with Gasteiger partial charge in [0.15, 0.2) is 0 Å². The molecule has 0 bridgehead atoms. The first-order valence-electron chi connectivity index (χ1n) is 12.2. The van der Waals surface area contributed by atoms with Crippen LogP contribution in [0.1, 0.15) is 126 Å². The lowest BCUT2D eigenvalue weighted by Gasteiger charge is -2.10. The van der Waals surface area contributed by atoms with E-state index < -0.39 is 0 Å². The van der Waals surface area contributed by atoms with Crippen LogP contribution < -0.4 is 0 Å². The first-order chi connectivity index (χ1) is 13.8. The van der Waals surface area contributed by atoms with E-state index in [1.807, 2.05) is 12.2 Å². The Morgan fingerprint density at radius 3 is 1.29 bits per heavy atom. The summed E-state index contributed by atoms with van der Waals surface area (Å²) in [4.78, 5) is 0. The predicted molar refractivity (Wildman–Crippen MR) is 130 cm³/mol. The Labute approximate surface area is 176 Å². The summed E-state index contributed by atoms with van der Waals surface area (Å²) >= 11 is 0. The molecule has 0 aliphatic carbocycles. The lowest BCUT2D eigenvalue weighted by Crippen LogP contribution is -1.94. The standard InChI is InChI=1S/C28H46/c1-4-7-8-9-10-11-12-13-14-15-16-17-18-19-20-21-25-28-26(5-2)23-22-24-27(28)6-3/h5-6,22-24H,2-4,7-21,25H2,1H3. The number of rotatable bonds is 19. The third kappa shape index (κ3) is 11.5. The van der Waals surface area contributed by atoms with Crippen molar-refractivity contribution in [3.8, 4) is 0 Å². The van der Waals surface area contributed by atoms with Gasteiger partial charge in [0.25, 0.3) is 0 Å². The summed E-state index contributed by atoms with van der Waals surface area (Å²) in [6, 6.07) is 6.44. The van der Waals surface area contributed by atoms with Gasteiger partial charge in [-0.25, -0.2) is 0 Å². The Morgan fingerprint density at radius 2 is 0.929 bits per heavy atom. The highest BCUT2D eigenvalue weighted by molar-refractivity contribution is 5.62. The monoisotopic (exact) mass is 382 g/mol. The van der Waals surface area contributed by atoms with Gasteiger partial charge in [0, 0.05) is 0 Å². The third-order valence-corrected chi connectivity index (χ3v) is 5.97. The Kier molecular flexibility index (Phi) is 15.7. The normalized spacial score (nSPS) is 10.9. The second-order valence-electron chi connectivity index (χ2n) is 8.38. The van der Waals surface area contributed by atoms with E-state index in [0.717, 1.165) is 6.42 Å². The van der Waals surface area contributed by atoms with Crippen LogP contribution in [0.3, 0.4) is 0 Å². The van der Waals surface area contributed by atoms with Gasteiger partial charge < -0.3 is 0 Å². The van der Waals surface area contributed by atoms with Crippen LogP contribution in [-0.2, 0) is 6.42 Å². The molecule has 28 heavy (non-hydrogen) atoms. The number of benzene rings is 1. The second-order valence-corrected chi connectivity index (χ2v) is 8.38. The van der Waals surface area contributed by atoms with Crippen LogP contribution in [0.4, 0.5) is 0 Å². The molecule has 0 heterocycles. The molecular formula is C28H46. The van der Waals surface area contributed by atoms with Crippen LogP contribution in [0.15, 0.2) is 31.4 Å². The molecule has 0 aromatic heterocycles. The van der Waals surface area contributed by atoms with Gasteiger partial charge in [0.2, 0.25) is 0 Å². The number of hydrogen-bond donors (Lipinski definition) is 0. The van der Waals surface area contributed by atoms with Gasteiger partial charge in [-0.1, -0.05) is 147 Å². The molecule has 0 unspecified atom stereocenters. The van der Waals surface area contributed by atoms with Gasteiger partial charge in [-0.15, -0.1) is 0 Å². The van der Waals surface area contributed by atoms with Gasteiger partial charge in [0.1, 0.15) is 0 Å². The van der Waals surface area contributed by atoms with E-state index in [9.17, 15) is 0 Å². The van der Waals surface area contributed by atoms with Crippen LogP contribution in [0, 0.1) is 0 Å². The zero-order chi connectivity index (χ0) is 20.3. The molecule has 0 aliphatic heterocycles.